The van der Waals surface area contributed by atoms with E-state index in [2.05, 4.69) is 15.8 Å². The smallest absolute Gasteiger partial charge is 0.320 e. The predicted octanol–water partition coefficient (Wildman–Crippen LogP) is 3.30. The van der Waals surface area contributed by atoms with Crippen LogP contribution in [0.4, 0.5) is 24.5 Å². The molecular weight excluding hydrogens is 427 g/mol. The van der Waals surface area contributed by atoms with E-state index in [1.165, 1.54) is 47.4 Å². The fourth-order valence-corrected chi connectivity index (χ4v) is 3.16. The molecule has 4 rings (SSSR count). The van der Waals surface area contributed by atoms with Crippen molar-refractivity contribution in [1.82, 2.24) is 15.2 Å². The number of anilines is 2. The topological polar surface area (TPSA) is 96.3 Å². The van der Waals surface area contributed by atoms with Gasteiger partial charge >= 0.3 is 6.18 Å². The van der Waals surface area contributed by atoms with Crippen molar-refractivity contribution in [2.45, 2.75) is 19.0 Å². The molecule has 2 N–H and O–H groups in total. The number of aromatic nitrogens is 2. The van der Waals surface area contributed by atoms with Gasteiger partial charge in [-0.05, 0) is 48.5 Å². The zero-order valence-corrected chi connectivity index (χ0v) is 16.4. The molecule has 0 aliphatic carbocycles. The van der Waals surface area contributed by atoms with Crippen LogP contribution < -0.4 is 15.8 Å². The number of alkyl halides is 3. The van der Waals surface area contributed by atoms with E-state index in [1.807, 2.05) is 0 Å². The Morgan fingerprint density at radius 2 is 1.81 bits per heavy atom. The normalized spacial score (nSPS) is 14.3. The van der Waals surface area contributed by atoms with E-state index < -0.39 is 17.6 Å². The van der Waals surface area contributed by atoms with Gasteiger partial charge in [0.05, 0.1) is 22.6 Å². The SMILES string of the molecule is O=C1CCC(=O)N(c2ccc(C(=O)Nc3cc(C(F)(F)F)ccc3-n3cccn3)cc2)N1. The largest absolute Gasteiger partial charge is 0.416 e. The number of hydrogen-bond acceptors (Lipinski definition) is 4. The summed E-state index contributed by atoms with van der Waals surface area (Å²) in [6.07, 6.45) is -1.42. The van der Waals surface area contributed by atoms with E-state index in [9.17, 15) is 27.6 Å². The number of amides is 3. The number of carbonyl (C=O) groups is 3. The van der Waals surface area contributed by atoms with Crippen LogP contribution in [0.3, 0.4) is 0 Å². The van der Waals surface area contributed by atoms with E-state index in [1.54, 1.807) is 6.07 Å². The minimum Gasteiger partial charge on any atom is -0.320 e. The van der Waals surface area contributed by atoms with Gasteiger partial charge < -0.3 is 5.32 Å². The summed E-state index contributed by atoms with van der Waals surface area (Å²) in [5.74, 6) is -1.25. The Morgan fingerprint density at radius 1 is 1.06 bits per heavy atom. The van der Waals surface area contributed by atoms with Crippen molar-refractivity contribution >= 4 is 29.1 Å². The van der Waals surface area contributed by atoms with E-state index in [-0.39, 0.29) is 41.6 Å². The van der Waals surface area contributed by atoms with E-state index in [0.717, 1.165) is 17.1 Å². The van der Waals surface area contributed by atoms with E-state index in [4.69, 9.17) is 0 Å². The number of nitrogens with zero attached hydrogens (tertiary/aromatic N) is 3. The molecule has 0 saturated carbocycles. The zero-order valence-electron chi connectivity index (χ0n) is 16.4. The van der Waals surface area contributed by atoms with Gasteiger partial charge in [0.25, 0.3) is 5.91 Å². The maximum absolute atomic E-state index is 13.2. The lowest BCUT2D eigenvalue weighted by atomic mass is 10.1. The Balaban J connectivity index is 1.59. The first-order valence-corrected chi connectivity index (χ1v) is 9.47. The van der Waals surface area contributed by atoms with Gasteiger partial charge in [0, 0.05) is 30.8 Å². The molecule has 3 amide bonds. The van der Waals surface area contributed by atoms with Gasteiger partial charge in [-0.3, -0.25) is 19.8 Å². The molecule has 1 aliphatic heterocycles. The lowest BCUT2D eigenvalue weighted by Crippen LogP contribution is -2.50. The van der Waals surface area contributed by atoms with Crippen LogP contribution in [0.5, 0.6) is 0 Å². The van der Waals surface area contributed by atoms with Gasteiger partial charge in [0.1, 0.15) is 0 Å². The maximum atomic E-state index is 13.2. The molecule has 164 valence electrons. The molecule has 0 unspecified atom stereocenters. The minimum absolute atomic E-state index is 0.0693. The summed E-state index contributed by atoms with van der Waals surface area (Å²) in [5, 5.41) is 7.59. The average molecular weight is 443 g/mol. The van der Waals surface area contributed by atoms with Crippen molar-refractivity contribution in [1.29, 1.82) is 0 Å². The molecule has 1 aliphatic rings. The molecule has 2 heterocycles. The number of rotatable bonds is 4. The van der Waals surface area contributed by atoms with Crippen molar-refractivity contribution in [3.05, 3.63) is 72.1 Å². The molecule has 1 saturated heterocycles. The number of benzene rings is 2. The molecule has 11 heteroatoms. The summed E-state index contributed by atoms with van der Waals surface area (Å²) in [6.45, 7) is 0. The van der Waals surface area contributed by atoms with Crippen LogP contribution in [0.1, 0.15) is 28.8 Å². The van der Waals surface area contributed by atoms with Crippen molar-refractivity contribution in [2.24, 2.45) is 0 Å². The first-order chi connectivity index (χ1) is 15.2. The minimum atomic E-state index is -4.59. The van der Waals surface area contributed by atoms with Crippen LogP contribution in [-0.4, -0.2) is 27.5 Å². The summed E-state index contributed by atoms with van der Waals surface area (Å²) in [7, 11) is 0. The van der Waals surface area contributed by atoms with Gasteiger partial charge in [0.2, 0.25) is 11.8 Å². The third-order valence-corrected chi connectivity index (χ3v) is 4.76. The van der Waals surface area contributed by atoms with Crippen molar-refractivity contribution in [2.75, 3.05) is 10.3 Å². The number of hydrazine groups is 1. The molecule has 1 aromatic heterocycles. The quantitative estimate of drug-likeness (QED) is 0.647. The summed E-state index contributed by atoms with van der Waals surface area (Å²) < 4.78 is 40.9. The highest BCUT2D eigenvalue weighted by Crippen LogP contribution is 2.33. The number of carbonyl (C=O) groups excluding carboxylic acids is 3. The third-order valence-electron chi connectivity index (χ3n) is 4.76. The first kappa shape index (κ1) is 21.1. The second-order valence-corrected chi connectivity index (χ2v) is 6.95. The Kier molecular flexibility index (Phi) is 5.39. The second kappa shape index (κ2) is 8.17. The summed E-state index contributed by atoms with van der Waals surface area (Å²) in [6, 6.07) is 10.3. The van der Waals surface area contributed by atoms with E-state index in [0.29, 0.717) is 5.69 Å². The van der Waals surface area contributed by atoms with Crippen LogP contribution in [0.15, 0.2) is 60.9 Å². The van der Waals surface area contributed by atoms with E-state index >= 15 is 0 Å². The third kappa shape index (κ3) is 4.31. The van der Waals surface area contributed by atoms with Gasteiger partial charge in [-0.25, -0.2) is 9.69 Å². The highest BCUT2D eigenvalue weighted by atomic mass is 19.4. The summed E-state index contributed by atoms with van der Waals surface area (Å²) in [5.41, 5.74) is 2.21. The van der Waals surface area contributed by atoms with Crippen LogP contribution in [0.2, 0.25) is 0 Å². The van der Waals surface area contributed by atoms with Crippen molar-refractivity contribution in [3.8, 4) is 5.69 Å². The van der Waals surface area contributed by atoms with Gasteiger partial charge in [-0.1, -0.05) is 0 Å². The molecular formula is C21H16F3N5O3. The lowest BCUT2D eigenvalue weighted by molar-refractivity contribution is -0.137. The average Bonchev–Trinajstić information content (AvgIpc) is 3.29. The van der Waals surface area contributed by atoms with Crippen molar-refractivity contribution in [3.63, 3.8) is 0 Å². The fourth-order valence-electron chi connectivity index (χ4n) is 3.16. The van der Waals surface area contributed by atoms with Crippen LogP contribution in [0.25, 0.3) is 5.69 Å². The number of halogens is 3. The lowest BCUT2D eigenvalue weighted by Gasteiger charge is -2.27. The Morgan fingerprint density at radius 3 is 2.47 bits per heavy atom. The molecule has 0 bridgehead atoms. The summed E-state index contributed by atoms with van der Waals surface area (Å²) in [4.78, 5) is 36.3. The summed E-state index contributed by atoms with van der Waals surface area (Å²) >= 11 is 0. The van der Waals surface area contributed by atoms with Crippen LogP contribution in [0, 0.1) is 0 Å². The Hall–Kier alpha value is -4.15. The van der Waals surface area contributed by atoms with Crippen LogP contribution >= 0.6 is 0 Å². The second-order valence-electron chi connectivity index (χ2n) is 6.95. The Labute approximate surface area is 179 Å². The fraction of sp³-hybridized carbons (Fsp3) is 0.143. The highest BCUT2D eigenvalue weighted by molar-refractivity contribution is 6.06. The first-order valence-electron chi connectivity index (χ1n) is 9.47. The number of hydrogen-bond donors (Lipinski definition) is 2. The molecule has 0 atom stereocenters. The predicted molar refractivity (Wildman–Crippen MR) is 108 cm³/mol. The zero-order chi connectivity index (χ0) is 22.9. The molecule has 3 aromatic rings. The molecule has 0 radical (unpaired) electrons. The standard InChI is InChI=1S/C21H16F3N5O3/c22-21(23,24)14-4-7-17(28-11-1-10-25-28)16(12-14)26-20(32)13-2-5-15(6-3-13)29-19(31)9-8-18(30)27-29/h1-7,10-12H,8-9H2,(H,26,32)(H,27,30). The molecule has 2 aromatic carbocycles. The van der Waals surface area contributed by atoms with Gasteiger partial charge in [-0.15, -0.1) is 0 Å². The van der Waals surface area contributed by atoms with Gasteiger partial charge in [0.15, 0.2) is 0 Å². The molecule has 8 nitrogen and oxygen atoms in total. The van der Waals surface area contributed by atoms with Gasteiger partial charge in [-0.2, -0.15) is 18.3 Å². The van der Waals surface area contributed by atoms with Crippen LogP contribution in [-0.2, 0) is 15.8 Å². The number of nitrogens with one attached hydrogen (secondary N) is 2. The molecule has 0 spiro atoms. The molecule has 1 fully saturated rings. The van der Waals surface area contributed by atoms with Crippen molar-refractivity contribution < 1.29 is 27.6 Å². The maximum Gasteiger partial charge on any atom is 0.416 e. The highest BCUT2D eigenvalue weighted by Gasteiger charge is 2.31. The monoisotopic (exact) mass is 443 g/mol. The Bertz CT molecular complexity index is 1170. The molecule has 32 heavy (non-hydrogen) atoms.